The lowest BCUT2D eigenvalue weighted by Gasteiger charge is -2.31. The Morgan fingerprint density at radius 1 is 1.03 bits per heavy atom. The maximum Gasteiger partial charge on any atom is 0.258 e. The maximum atomic E-state index is 13.0. The van der Waals surface area contributed by atoms with Gasteiger partial charge in [0.1, 0.15) is 11.5 Å². The standard InChI is InChI=1S/C25H34ClN3O3/c1-18(2)29(19(3)4)25(30)22-10-6-7-11-24(22)32-15-9-5-8-14-31-21-13-12-20(17-28-27)23(26)16-21/h6-7,10-13,16-19H,5,8-9,14-15,27H2,1-4H3. The average Bonchev–Trinajstić information content (AvgIpc) is 2.74. The SMILES string of the molecule is CC(C)N(C(=O)c1ccccc1OCCCCCOc1ccc(C=NN)c(Cl)c1)C(C)C. The molecule has 0 heterocycles. The minimum Gasteiger partial charge on any atom is -0.494 e. The number of amides is 1. The van der Waals surface area contributed by atoms with Gasteiger partial charge in [-0.1, -0.05) is 23.7 Å². The second-order valence-electron chi connectivity index (χ2n) is 8.12. The van der Waals surface area contributed by atoms with Crippen LogP contribution < -0.4 is 15.3 Å². The molecule has 0 unspecified atom stereocenters. The average molecular weight is 460 g/mol. The van der Waals surface area contributed by atoms with E-state index in [4.69, 9.17) is 26.9 Å². The number of para-hydroxylation sites is 1. The minimum absolute atomic E-state index is 0.00131. The van der Waals surface area contributed by atoms with Gasteiger partial charge in [-0.3, -0.25) is 4.79 Å². The Kier molecular flexibility index (Phi) is 10.3. The number of nitrogens with zero attached hydrogens (tertiary/aromatic N) is 2. The number of hydrogen-bond acceptors (Lipinski definition) is 5. The van der Waals surface area contributed by atoms with Gasteiger partial charge in [0.2, 0.25) is 0 Å². The summed E-state index contributed by atoms with van der Waals surface area (Å²) in [7, 11) is 0. The number of carbonyl (C=O) groups excluding carboxylic acids is 1. The van der Waals surface area contributed by atoms with Gasteiger partial charge >= 0.3 is 0 Å². The summed E-state index contributed by atoms with van der Waals surface area (Å²) in [6.07, 6.45) is 4.21. The molecular weight excluding hydrogens is 426 g/mol. The summed E-state index contributed by atoms with van der Waals surface area (Å²) in [5, 5.41) is 4.03. The molecule has 0 radical (unpaired) electrons. The fourth-order valence-electron chi connectivity index (χ4n) is 3.51. The Bertz CT molecular complexity index is 892. The number of nitrogens with two attached hydrogens (primary N) is 1. The highest BCUT2D eigenvalue weighted by atomic mass is 35.5. The Hall–Kier alpha value is -2.73. The fourth-order valence-corrected chi connectivity index (χ4v) is 3.73. The molecule has 32 heavy (non-hydrogen) atoms. The molecule has 0 spiro atoms. The minimum atomic E-state index is 0.00131. The number of hydrazone groups is 1. The van der Waals surface area contributed by atoms with Crippen LogP contribution in [0.4, 0.5) is 0 Å². The molecule has 0 atom stereocenters. The summed E-state index contributed by atoms with van der Waals surface area (Å²) in [5.74, 6) is 6.50. The lowest BCUT2D eigenvalue weighted by molar-refractivity contribution is 0.0639. The lowest BCUT2D eigenvalue weighted by atomic mass is 10.1. The predicted octanol–water partition coefficient (Wildman–Crippen LogP) is 5.52. The number of unbranched alkanes of at least 4 members (excludes halogenated alkanes) is 2. The Morgan fingerprint density at radius 2 is 1.69 bits per heavy atom. The first kappa shape index (κ1) is 25.5. The van der Waals surface area contributed by atoms with E-state index in [1.807, 2.05) is 69.0 Å². The van der Waals surface area contributed by atoms with Crippen molar-refractivity contribution in [1.82, 2.24) is 4.90 Å². The van der Waals surface area contributed by atoms with Crippen LogP contribution in [0.5, 0.6) is 11.5 Å². The van der Waals surface area contributed by atoms with E-state index in [-0.39, 0.29) is 18.0 Å². The third-order valence-corrected chi connectivity index (χ3v) is 5.29. The summed E-state index contributed by atoms with van der Waals surface area (Å²) >= 11 is 6.17. The highest BCUT2D eigenvalue weighted by Crippen LogP contribution is 2.23. The second-order valence-corrected chi connectivity index (χ2v) is 8.52. The summed E-state index contributed by atoms with van der Waals surface area (Å²) in [4.78, 5) is 14.9. The zero-order chi connectivity index (χ0) is 23.5. The third-order valence-electron chi connectivity index (χ3n) is 4.97. The van der Waals surface area contributed by atoms with Crippen LogP contribution in [0.2, 0.25) is 5.02 Å². The second kappa shape index (κ2) is 13.0. The first-order chi connectivity index (χ1) is 15.3. The van der Waals surface area contributed by atoms with Crippen molar-refractivity contribution in [3.05, 3.63) is 58.6 Å². The number of ether oxygens (including phenoxy) is 2. The maximum absolute atomic E-state index is 13.0. The van der Waals surface area contributed by atoms with Gasteiger partial charge in [-0.05, 0) is 77.3 Å². The van der Waals surface area contributed by atoms with Gasteiger partial charge in [-0.2, -0.15) is 5.10 Å². The van der Waals surface area contributed by atoms with Crippen molar-refractivity contribution in [2.24, 2.45) is 10.9 Å². The molecule has 2 N–H and O–H groups in total. The smallest absolute Gasteiger partial charge is 0.258 e. The van der Waals surface area contributed by atoms with Crippen LogP contribution in [0.3, 0.4) is 0 Å². The molecule has 2 aromatic carbocycles. The summed E-state index contributed by atoms with van der Waals surface area (Å²) in [6.45, 7) is 9.25. The van der Waals surface area contributed by atoms with Gasteiger partial charge in [-0.25, -0.2) is 0 Å². The largest absolute Gasteiger partial charge is 0.494 e. The van der Waals surface area contributed by atoms with E-state index in [1.54, 1.807) is 6.07 Å². The van der Waals surface area contributed by atoms with E-state index in [0.29, 0.717) is 35.3 Å². The molecule has 7 heteroatoms. The van der Waals surface area contributed by atoms with Crippen molar-refractivity contribution in [3.63, 3.8) is 0 Å². The molecule has 6 nitrogen and oxygen atoms in total. The highest BCUT2D eigenvalue weighted by molar-refractivity contribution is 6.33. The Labute approximate surface area is 196 Å². The van der Waals surface area contributed by atoms with Crippen molar-refractivity contribution >= 4 is 23.7 Å². The number of hydrogen-bond donors (Lipinski definition) is 1. The molecule has 0 aromatic heterocycles. The molecule has 0 aliphatic rings. The summed E-state index contributed by atoms with van der Waals surface area (Å²) < 4.78 is 11.7. The van der Waals surface area contributed by atoms with E-state index in [1.165, 1.54) is 6.21 Å². The quantitative estimate of drug-likeness (QED) is 0.196. The Balaban J connectivity index is 1.78. The zero-order valence-electron chi connectivity index (χ0n) is 19.4. The van der Waals surface area contributed by atoms with Crippen LogP contribution in [0, 0.1) is 0 Å². The van der Waals surface area contributed by atoms with Crippen molar-refractivity contribution in [2.45, 2.75) is 59.0 Å². The van der Waals surface area contributed by atoms with E-state index in [9.17, 15) is 4.79 Å². The van der Waals surface area contributed by atoms with Crippen LogP contribution in [-0.4, -0.2) is 42.3 Å². The van der Waals surface area contributed by atoms with Gasteiger partial charge < -0.3 is 20.2 Å². The topological polar surface area (TPSA) is 77.2 Å². The van der Waals surface area contributed by atoms with Crippen molar-refractivity contribution in [1.29, 1.82) is 0 Å². The van der Waals surface area contributed by atoms with Gasteiger partial charge in [0, 0.05) is 17.6 Å². The number of carbonyl (C=O) groups is 1. The van der Waals surface area contributed by atoms with E-state index in [2.05, 4.69) is 5.10 Å². The normalized spacial score (nSPS) is 11.3. The van der Waals surface area contributed by atoms with Crippen LogP contribution in [0.15, 0.2) is 47.6 Å². The van der Waals surface area contributed by atoms with E-state index < -0.39 is 0 Å². The Morgan fingerprint density at radius 3 is 2.31 bits per heavy atom. The molecule has 0 saturated heterocycles. The first-order valence-electron chi connectivity index (χ1n) is 11.0. The zero-order valence-corrected chi connectivity index (χ0v) is 20.1. The molecule has 2 rings (SSSR count). The molecule has 0 bridgehead atoms. The van der Waals surface area contributed by atoms with Crippen molar-refractivity contribution < 1.29 is 14.3 Å². The molecular formula is C25H34ClN3O3. The summed E-state index contributed by atoms with van der Waals surface area (Å²) in [6, 6.07) is 13.1. The van der Waals surface area contributed by atoms with Gasteiger partial charge in [0.25, 0.3) is 5.91 Å². The van der Waals surface area contributed by atoms with E-state index >= 15 is 0 Å². The van der Waals surface area contributed by atoms with Crippen LogP contribution in [0.25, 0.3) is 0 Å². The van der Waals surface area contributed by atoms with Gasteiger partial charge in [0.05, 0.1) is 30.0 Å². The predicted molar refractivity (Wildman–Crippen MR) is 131 cm³/mol. The number of benzene rings is 2. The molecule has 174 valence electrons. The van der Waals surface area contributed by atoms with Gasteiger partial charge in [0.15, 0.2) is 0 Å². The van der Waals surface area contributed by atoms with Gasteiger partial charge in [-0.15, -0.1) is 0 Å². The third kappa shape index (κ3) is 7.45. The van der Waals surface area contributed by atoms with E-state index in [0.717, 1.165) is 24.8 Å². The molecule has 2 aromatic rings. The lowest BCUT2D eigenvalue weighted by Crippen LogP contribution is -2.42. The molecule has 0 saturated carbocycles. The monoisotopic (exact) mass is 459 g/mol. The highest BCUT2D eigenvalue weighted by Gasteiger charge is 2.24. The molecule has 0 fully saturated rings. The molecule has 0 aliphatic carbocycles. The fraction of sp³-hybridized carbons (Fsp3) is 0.440. The van der Waals surface area contributed by atoms with Crippen molar-refractivity contribution in [3.8, 4) is 11.5 Å². The summed E-state index contributed by atoms with van der Waals surface area (Å²) in [5.41, 5.74) is 1.36. The van der Waals surface area contributed by atoms with Crippen LogP contribution in [0.1, 0.15) is 62.9 Å². The van der Waals surface area contributed by atoms with Crippen molar-refractivity contribution in [2.75, 3.05) is 13.2 Å². The first-order valence-corrected chi connectivity index (χ1v) is 11.4. The number of halogens is 1. The number of rotatable bonds is 12. The molecule has 0 aliphatic heterocycles. The van der Waals surface area contributed by atoms with Crippen LogP contribution in [-0.2, 0) is 0 Å². The molecule has 1 amide bonds. The van der Waals surface area contributed by atoms with Crippen LogP contribution >= 0.6 is 11.6 Å².